The molecule has 1 amide bonds. The Kier molecular flexibility index (Phi) is 4.78. The Balaban J connectivity index is 1.72. The van der Waals surface area contributed by atoms with Crippen LogP contribution in [0.5, 0.6) is 5.75 Å². The quantitative estimate of drug-likeness (QED) is 0.781. The van der Waals surface area contributed by atoms with Crippen molar-refractivity contribution in [2.75, 3.05) is 20.2 Å². The third-order valence-electron chi connectivity index (χ3n) is 4.04. The number of carbonyl (C=O) groups excluding carboxylic acids is 1. The molecule has 6 nitrogen and oxygen atoms in total. The third-order valence-corrected chi connectivity index (χ3v) is 5.30. The van der Waals surface area contributed by atoms with Crippen LogP contribution in [-0.2, 0) is 19.6 Å². The second-order valence-electron chi connectivity index (χ2n) is 5.99. The molecule has 0 radical (unpaired) electrons. The molecule has 1 aliphatic heterocycles. The molecule has 0 aromatic heterocycles. The van der Waals surface area contributed by atoms with Gasteiger partial charge in [0.05, 0.1) is 6.54 Å². The summed E-state index contributed by atoms with van der Waals surface area (Å²) in [6.07, 6.45) is -0.231. The van der Waals surface area contributed by atoms with Crippen LogP contribution < -0.4 is 4.18 Å². The van der Waals surface area contributed by atoms with Crippen LogP contribution in [0.4, 0.5) is 0 Å². The van der Waals surface area contributed by atoms with Crippen LogP contribution in [-0.4, -0.2) is 39.4 Å². The van der Waals surface area contributed by atoms with E-state index < -0.39 is 10.1 Å². The van der Waals surface area contributed by atoms with Gasteiger partial charge in [-0.05, 0) is 36.8 Å². The molecule has 0 N–H and O–H groups in total. The fraction of sp³-hybridized carbons (Fsp3) is 0.278. The van der Waals surface area contributed by atoms with Gasteiger partial charge in [0.2, 0.25) is 5.91 Å². The predicted molar refractivity (Wildman–Crippen MR) is 91.8 cm³/mol. The summed E-state index contributed by atoms with van der Waals surface area (Å²) in [6, 6.07) is 13.1. The number of hydrogen-bond donors (Lipinski definition) is 0. The Bertz CT molecular complexity index is 859. The first-order valence-electron chi connectivity index (χ1n) is 7.82. The molecule has 25 heavy (non-hydrogen) atoms. The van der Waals surface area contributed by atoms with E-state index in [-0.39, 0.29) is 29.3 Å². The van der Waals surface area contributed by atoms with E-state index in [1.165, 1.54) is 12.1 Å². The number of hydrogen-bond acceptors (Lipinski definition) is 5. The molecule has 2 aromatic rings. The number of nitrogens with zero attached hydrogens (tertiary/aromatic N) is 1. The molecule has 132 valence electrons. The standard InChI is InChI=1S/C18H19NO5S/c1-13-3-9-16(10-4-13)25(21,22)24-15-7-5-14(6-8-15)17-11-19(2)18(20)12-23-17/h3-10,17H,11-12H2,1-2H3/t17-/m0/s1. The van der Waals surface area contributed by atoms with E-state index >= 15 is 0 Å². The van der Waals surface area contributed by atoms with Gasteiger partial charge in [-0.3, -0.25) is 4.79 Å². The Hall–Kier alpha value is -2.38. The number of aryl methyl sites for hydroxylation is 1. The molecule has 1 heterocycles. The van der Waals surface area contributed by atoms with Gasteiger partial charge in [-0.25, -0.2) is 0 Å². The maximum absolute atomic E-state index is 12.3. The van der Waals surface area contributed by atoms with Crippen molar-refractivity contribution in [1.29, 1.82) is 0 Å². The molecule has 1 aliphatic rings. The van der Waals surface area contributed by atoms with Gasteiger partial charge in [0.25, 0.3) is 0 Å². The summed E-state index contributed by atoms with van der Waals surface area (Å²) in [7, 11) is -2.14. The smallest absolute Gasteiger partial charge is 0.339 e. The number of ether oxygens (including phenoxy) is 1. The van der Waals surface area contributed by atoms with E-state index in [1.54, 1.807) is 48.3 Å². The first-order chi connectivity index (χ1) is 11.8. The maximum Gasteiger partial charge on any atom is 0.339 e. The zero-order valence-corrected chi connectivity index (χ0v) is 14.8. The lowest BCUT2D eigenvalue weighted by Gasteiger charge is -2.30. The van der Waals surface area contributed by atoms with E-state index in [1.807, 2.05) is 6.92 Å². The number of likely N-dealkylation sites (N-methyl/N-ethyl adjacent to an activating group) is 1. The average molecular weight is 361 g/mol. The summed E-state index contributed by atoms with van der Waals surface area (Å²) in [6.45, 7) is 2.39. The van der Waals surface area contributed by atoms with Gasteiger partial charge in [-0.15, -0.1) is 0 Å². The van der Waals surface area contributed by atoms with Gasteiger partial charge in [-0.1, -0.05) is 29.8 Å². The Morgan fingerprint density at radius 3 is 2.32 bits per heavy atom. The van der Waals surface area contributed by atoms with Crippen molar-refractivity contribution in [3.8, 4) is 5.75 Å². The number of benzene rings is 2. The lowest BCUT2D eigenvalue weighted by molar-refractivity contribution is -0.147. The van der Waals surface area contributed by atoms with Crippen molar-refractivity contribution in [1.82, 2.24) is 4.90 Å². The molecular formula is C18H19NO5S. The van der Waals surface area contributed by atoms with Crippen LogP contribution in [0.15, 0.2) is 53.4 Å². The SMILES string of the molecule is Cc1ccc(S(=O)(=O)Oc2ccc([C@@H]3CN(C)C(=O)CO3)cc2)cc1. The molecule has 0 aliphatic carbocycles. The monoisotopic (exact) mass is 361 g/mol. The van der Waals surface area contributed by atoms with Crippen LogP contribution in [0.2, 0.25) is 0 Å². The van der Waals surface area contributed by atoms with Crippen LogP contribution in [0.3, 0.4) is 0 Å². The lowest BCUT2D eigenvalue weighted by atomic mass is 10.1. The molecule has 7 heteroatoms. The van der Waals surface area contributed by atoms with Crippen molar-refractivity contribution >= 4 is 16.0 Å². The Labute approximate surface area is 147 Å². The first kappa shape index (κ1) is 17.4. The van der Waals surface area contributed by atoms with E-state index in [0.29, 0.717) is 6.54 Å². The molecule has 0 saturated carbocycles. The van der Waals surface area contributed by atoms with Crippen molar-refractivity contribution < 1.29 is 22.1 Å². The summed E-state index contributed by atoms with van der Waals surface area (Å²) in [4.78, 5) is 13.2. The minimum absolute atomic E-state index is 0.0429. The van der Waals surface area contributed by atoms with Gasteiger partial charge >= 0.3 is 10.1 Å². The summed E-state index contributed by atoms with van der Waals surface area (Å²) in [5, 5.41) is 0. The van der Waals surface area contributed by atoms with Gasteiger partial charge in [-0.2, -0.15) is 8.42 Å². The van der Waals surface area contributed by atoms with Crippen LogP contribution >= 0.6 is 0 Å². The highest BCUT2D eigenvalue weighted by atomic mass is 32.2. The van der Waals surface area contributed by atoms with Crippen LogP contribution in [0, 0.1) is 6.92 Å². The summed E-state index contributed by atoms with van der Waals surface area (Å²) in [5.41, 5.74) is 1.83. The van der Waals surface area contributed by atoms with Gasteiger partial charge in [0.1, 0.15) is 23.4 Å². The highest BCUT2D eigenvalue weighted by Crippen LogP contribution is 2.25. The van der Waals surface area contributed by atoms with Crippen molar-refractivity contribution in [2.45, 2.75) is 17.9 Å². The molecule has 0 bridgehead atoms. The molecule has 1 fully saturated rings. The molecule has 3 rings (SSSR count). The van der Waals surface area contributed by atoms with Gasteiger partial charge < -0.3 is 13.8 Å². The number of morpholine rings is 1. The number of carbonyl (C=O) groups is 1. The molecule has 0 spiro atoms. The summed E-state index contributed by atoms with van der Waals surface area (Å²) < 4.78 is 35.3. The molecule has 1 atom stereocenters. The highest BCUT2D eigenvalue weighted by molar-refractivity contribution is 7.87. The van der Waals surface area contributed by atoms with Gasteiger partial charge in [0.15, 0.2) is 0 Å². The first-order valence-corrected chi connectivity index (χ1v) is 9.23. The topological polar surface area (TPSA) is 72.9 Å². The van der Waals surface area contributed by atoms with Crippen molar-refractivity contribution in [3.63, 3.8) is 0 Å². The highest BCUT2D eigenvalue weighted by Gasteiger charge is 2.25. The molecular weight excluding hydrogens is 342 g/mol. The summed E-state index contributed by atoms with van der Waals surface area (Å²) in [5.74, 6) is 0.171. The summed E-state index contributed by atoms with van der Waals surface area (Å²) >= 11 is 0. The molecule has 1 saturated heterocycles. The predicted octanol–water partition coefficient (Wildman–Crippen LogP) is 2.29. The maximum atomic E-state index is 12.3. The van der Waals surface area contributed by atoms with E-state index in [2.05, 4.69) is 0 Å². The molecule has 2 aromatic carbocycles. The normalized spacial score (nSPS) is 18.2. The van der Waals surface area contributed by atoms with E-state index in [9.17, 15) is 13.2 Å². The minimum atomic E-state index is -3.87. The average Bonchev–Trinajstić information content (AvgIpc) is 2.58. The van der Waals surface area contributed by atoms with Crippen molar-refractivity contribution in [2.24, 2.45) is 0 Å². The minimum Gasteiger partial charge on any atom is -0.379 e. The number of rotatable bonds is 4. The van der Waals surface area contributed by atoms with Crippen LogP contribution in [0.1, 0.15) is 17.2 Å². The Morgan fingerprint density at radius 2 is 1.72 bits per heavy atom. The molecule has 0 unspecified atom stereocenters. The van der Waals surface area contributed by atoms with Crippen LogP contribution in [0.25, 0.3) is 0 Å². The zero-order valence-electron chi connectivity index (χ0n) is 14.0. The number of amides is 1. The second-order valence-corrected chi connectivity index (χ2v) is 7.54. The third kappa shape index (κ3) is 4.00. The zero-order chi connectivity index (χ0) is 18.0. The largest absolute Gasteiger partial charge is 0.379 e. The van der Waals surface area contributed by atoms with E-state index in [4.69, 9.17) is 8.92 Å². The fourth-order valence-electron chi connectivity index (χ4n) is 2.50. The second kappa shape index (κ2) is 6.85. The van der Waals surface area contributed by atoms with Crippen molar-refractivity contribution in [3.05, 3.63) is 59.7 Å². The Morgan fingerprint density at radius 1 is 1.08 bits per heavy atom. The van der Waals surface area contributed by atoms with E-state index in [0.717, 1.165) is 11.1 Å². The lowest BCUT2D eigenvalue weighted by Crippen LogP contribution is -2.40. The van der Waals surface area contributed by atoms with Gasteiger partial charge in [0, 0.05) is 7.05 Å². The fourth-order valence-corrected chi connectivity index (χ4v) is 3.43.